The molecule has 0 fully saturated rings. The molecule has 0 aliphatic rings. The first-order valence-corrected chi connectivity index (χ1v) is 5.62. The first-order chi connectivity index (χ1) is 8.90. The molecule has 1 aromatic heterocycles. The molecule has 0 bridgehead atoms. The van der Waals surface area contributed by atoms with Gasteiger partial charge in [0.05, 0.1) is 12.2 Å². The summed E-state index contributed by atoms with van der Waals surface area (Å²) >= 11 is 0. The second-order valence-electron chi connectivity index (χ2n) is 4.00. The number of ether oxygens (including phenoxy) is 1. The quantitative estimate of drug-likeness (QED) is 0.836. The van der Waals surface area contributed by atoms with Crippen molar-refractivity contribution in [2.24, 2.45) is 7.05 Å². The molecule has 6 heteroatoms. The number of rotatable bonds is 2. The third kappa shape index (κ3) is 2.12. The fraction of sp³-hybridized carbons (Fsp3) is 0.308. The summed E-state index contributed by atoms with van der Waals surface area (Å²) in [4.78, 5) is 0. The zero-order chi connectivity index (χ0) is 14.2. The largest absolute Gasteiger partial charge is 0.494 e. The molecule has 0 saturated heterocycles. The molecule has 2 aromatic rings. The summed E-state index contributed by atoms with van der Waals surface area (Å²) in [5, 5.41) is 9.26. The van der Waals surface area contributed by atoms with Crippen LogP contribution in [0.25, 0.3) is 10.9 Å². The van der Waals surface area contributed by atoms with Gasteiger partial charge in [-0.05, 0) is 25.1 Å². The number of benzene rings is 1. The van der Waals surface area contributed by atoms with Gasteiger partial charge in [-0.3, -0.25) is 0 Å². The summed E-state index contributed by atoms with van der Waals surface area (Å²) in [6, 6.07) is 6.22. The highest BCUT2D eigenvalue weighted by Crippen LogP contribution is 2.38. The van der Waals surface area contributed by atoms with E-state index in [1.165, 1.54) is 19.2 Å². The molecule has 19 heavy (non-hydrogen) atoms. The number of halogens is 3. The number of nitrogens with zero attached hydrogens (tertiary/aromatic N) is 2. The number of aryl methyl sites for hydroxylation is 1. The number of aromatic nitrogens is 1. The molecule has 2 rings (SSSR count). The normalized spacial score (nSPS) is 11.6. The zero-order valence-electron chi connectivity index (χ0n) is 10.4. The van der Waals surface area contributed by atoms with Gasteiger partial charge in [-0.25, -0.2) is 0 Å². The van der Waals surface area contributed by atoms with Crippen molar-refractivity contribution in [2.75, 3.05) is 6.61 Å². The van der Waals surface area contributed by atoms with E-state index in [2.05, 4.69) is 0 Å². The summed E-state index contributed by atoms with van der Waals surface area (Å²) in [5.74, 6) is 0.450. The minimum atomic E-state index is -4.56. The highest BCUT2D eigenvalue weighted by molar-refractivity contribution is 5.89. The van der Waals surface area contributed by atoms with Gasteiger partial charge in [0.2, 0.25) is 0 Å². The average molecular weight is 268 g/mol. The van der Waals surface area contributed by atoms with Gasteiger partial charge in [0.25, 0.3) is 0 Å². The van der Waals surface area contributed by atoms with E-state index in [-0.39, 0.29) is 10.9 Å². The van der Waals surface area contributed by atoms with Crippen LogP contribution in [0, 0.1) is 11.3 Å². The highest BCUT2D eigenvalue weighted by Gasteiger charge is 2.38. The Morgan fingerprint density at radius 2 is 2.05 bits per heavy atom. The van der Waals surface area contributed by atoms with Gasteiger partial charge in [-0.1, -0.05) is 0 Å². The molecule has 0 amide bonds. The molecular weight excluding hydrogens is 257 g/mol. The molecule has 0 aliphatic heterocycles. The Morgan fingerprint density at radius 1 is 1.37 bits per heavy atom. The van der Waals surface area contributed by atoms with Crippen LogP contribution in [-0.2, 0) is 13.2 Å². The summed E-state index contributed by atoms with van der Waals surface area (Å²) in [6.07, 6.45) is -4.56. The van der Waals surface area contributed by atoms with Crippen molar-refractivity contribution < 1.29 is 17.9 Å². The van der Waals surface area contributed by atoms with Crippen LogP contribution >= 0.6 is 0 Å². The van der Waals surface area contributed by atoms with Gasteiger partial charge in [-0.2, -0.15) is 18.4 Å². The smallest absolute Gasteiger partial charge is 0.432 e. The predicted molar refractivity (Wildman–Crippen MR) is 63.8 cm³/mol. The standard InChI is InChI=1S/C13H11F3N2O/c1-3-19-8-4-5-11-9(6-8)10(7-17)12(18(11)2)13(14,15)16/h4-6H,3H2,1-2H3. The summed E-state index contributed by atoms with van der Waals surface area (Å²) < 4.78 is 45.2. The van der Waals surface area contributed by atoms with Crippen LogP contribution in [0.15, 0.2) is 18.2 Å². The van der Waals surface area contributed by atoms with Crippen molar-refractivity contribution in [3.05, 3.63) is 29.5 Å². The lowest BCUT2D eigenvalue weighted by Crippen LogP contribution is -2.12. The van der Waals surface area contributed by atoms with E-state index in [9.17, 15) is 13.2 Å². The SMILES string of the molecule is CCOc1ccc2c(c1)c(C#N)c(C(F)(F)F)n2C. The Morgan fingerprint density at radius 3 is 2.58 bits per heavy atom. The molecule has 100 valence electrons. The van der Waals surface area contributed by atoms with E-state index >= 15 is 0 Å². The van der Waals surface area contributed by atoms with Crippen molar-refractivity contribution in [1.29, 1.82) is 5.26 Å². The summed E-state index contributed by atoms with van der Waals surface area (Å²) in [5.41, 5.74) is -0.947. The van der Waals surface area contributed by atoms with Crippen LogP contribution in [0.1, 0.15) is 18.2 Å². The monoisotopic (exact) mass is 268 g/mol. The minimum Gasteiger partial charge on any atom is -0.494 e. The topological polar surface area (TPSA) is 37.9 Å². The lowest BCUT2D eigenvalue weighted by molar-refractivity contribution is -0.143. The molecule has 0 saturated carbocycles. The molecule has 3 nitrogen and oxygen atoms in total. The molecule has 0 aliphatic carbocycles. The third-order valence-corrected chi connectivity index (χ3v) is 2.86. The van der Waals surface area contributed by atoms with Gasteiger partial charge in [0.15, 0.2) is 0 Å². The zero-order valence-corrected chi connectivity index (χ0v) is 10.4. The van der Waals surface area contributed by atoms with E-state index in [4.69, 9.17) is 10.00 Å². The number of hydrogen-bond donors (Lipinski definition) is 0. The third-order valence-electron chi connectivity index (χ3n) is 2.86. The fourth-order valence-electron chi connectivity index (χ4n) is 2.13. The maximum Gasteiger partial charge on any atom is 0.432 e. The number of alkyl halides is 3. The van der Waals surface area contributed by atoms with Gasteiger partial charge in [0.1, 0.15) is 17.5 Å². The molecular formula is C13H11F3N2O. The van der Waals surface area contributed by atoms with Crippen molar-refractivity contribution >= 4 is 10.9 Å². The van der Waals surface area contributed by atoms with Crippen LogP contribution in [0.2, 0.25) is 0 Å². The Hall–Kier alpha value is -2.16. The molecule has 0 radical (unpaired) electrons. The van der Waals surface area contributed by atoms with Gasteiger partial charge < -0.3 is 9.30 Å². The van der Waals surface area contributed by atoms with Crippen LogP contribution in [0.5, 0.6) is 5.75 Å². The minimum absolute atomic E-state index is 0.253. The van der Waals surface area contributed by atoms with Crippen molar-refractivity contribution in [1.82, 2.24) is 4.57 Å². The van der Waals surface area contributed by atoms with Gasteiger partial charge in [0, 0.05) is 18.0 Å². The Kier molecular flexibility index (Phi) is 3.14. The number of nitriles is 1. The van der Waals surface area contributed by atoms with E-state index < -0.39 is 11.9 Å². The molecule has 0 spiro atoms. The number of hydrogen-bond acceptors (Lipinski definition) is 2. The van der Waals surface area contributed by atoms with E-state index in [0.717, 1.165) is 4.57 Å². The number of fused-ring (bicyclic) bond motifs is 1. The van der Waals surface area contributed by atoms with Crippen molar-refractivity contribution in [3.8, 4) is 11.8 Å². The maximum atomic E-state index is 13.0. The first kappa shape index (κ1) is 13.3. The average Bonchev–Trinajstić information content (AvgIpc) is 2.62. The van der Waals surface area contributed by atoms with Crippen LogP contribution in [-0.4, -0.2) is 11.2 Å². The maximum absolute atomic E-state index is 13.0. The van der Waals surface area contributed by atoms with E-state index in [0.29, 0.717) is 17.9 Å². The molecule has 0 N–H and O–H groups in total. The second-order valence-corrected chi connectivity index (χ2v) is 4.00. The van der Waals surface area contributed by atoms with Crippen LogP contribution in [0.4, 0.5) is 13.2 Å². The Balaban J connectivity index is 2.79. The predicted octanol–water partition coefficient (Wildman–Crippen LogP) is 3.47. The lowest BCUT2D eigenvalue weighted by atomic mass is 10.1. The molecule has 1 heterocycles. The lowest BCUT2D eigenvalue weighted by Gasteiger charge is -2.08. The molecule has 0 unspecified atom stereocenters. The van der Waals surface area contributed by atoms with E-state index in [1.54, 1.807) is 19.1 Å². The summed E-state index contributed by atoms with van der Waals surface area (Å²) in [7, 11) is 1.30. The van der Waals surface area contributed by atoms with Crippen molar-refractivity contribution in [2.45, 2.75) is 13.1 Å². The highest BCUT2D eigenvalue weighted by atomic mass is 19.4. The second kappa shape index (κ2) is 4.50. The van der Waals surface area contributed by atoms with E-state index in [1.807, 2.05) is 0 Å². The first-order valence-electron chi connectivity index (χ1n) is 5.62. The van der Waals surface area contributed by atoms with Crippen LogP contribution in [0.3, 0.4) is 0 Å². The van der Waals surface area contributed by atoms with Crippen molar-refractivity contribution in [3.63, 3.8) is 0 Å². The van der Waals surface area contributed by atoms with Gasteiger partial charge >= 0.3 is 6.18 Å². The Bertz CT molecular complexity index is 665. The van der Waals surface area contributed by atoms with Gasteiger partial charge in [-0.15, -0.1) is 0 Å². The molecule has 0 atom stereocenters. The summed E-state index contributed by atoms with van der Waals surface area (Å²) in [6.45, 7) is 2.19. The van der Waals surface area contributed by atoms with Crippen LogP contribution < -0.4 is 4.74 Å². The fourth-order valence-corrected chi connectivity index (χ4v) is 2.13. The molecule has 1 aromatic carbocycles. The Labute approximate surface area is 107 Å².